The van der Waals surface area contributed by atoms with Gasteiger partial charge in [-0.15, -0.1) is 0 Å². The van der Waals surface area contributed by atoms with Crippen LogP contribution in [-0.4, -0.2) is 45.7 Å². The van der Waals surface area contributed by atoms with Gasteiger partial charge in [0.1, 0.15) is 6.10 Å². The summed E-state index contributed by atoms with van der Waals surface area (Å²) in [6.07, 6.45) is 8.67. The summed E-state index contributed by atoms with van der Waals surface area (Å²) in [5.74, 6) is 1.31. The van der Waals surface area contributed by atoms with Gasteiger partial charge in [0.15, 0.2) is 0 Å². The molecular weight excluding hydrogens is 464 g/mol. The Morgan fingerprint density at radius 3 is 2.14 bits per heavy atom. The van der Waals surface area contributed by atoms with Gasteiger partial charge in [-0.05, 0) is 118 Å². The van der Waals surface area contributed by atoms with E-state index in [1.165, 1.54) is 6.42 Å². The maximum Gasteiger partial charge on any atom is 0.302 e. The van der Waals surface area contributed by atoms with Crippen LogP contribution >= 0.6 is 0 Å². The van der Waals surface area contributed by atoms with E-state index >= 15 is 0 Å². The normalized spacial score (nSPS) is 53.2. The standard InChI is InChI=1S/C32H54O5/c1-19(33)36-21-18-23-29(6)14-12-24(34)27(2,3)22(29)11-16-30(23,7)31(8)15-10-20(26(21)31)32(9)17-13-25(37-32)28(4,5)35/h20-26,34-35H,10-18H2,1-9H3/t20-,21+,22-,23+,24?,25+,26-,29-,30+,31+,32-/m0/s1. The minimum atomic E-state index is -0.857. The van der Waals surface area contributed by atoms with Crippen LogP contribution in [0.1, 0.15) is 120 Å². The van der Waals surface area contributed by atoms with Crippen molar-refractivity contribution in [1.29, 1.82) is 0 Å². The van der Waals surface area contributed by atoms with E-state index in [1.807, 2.05) is 13.8 Å². The Bertz CT molecular complexity index is 923. The molecule has 0 aromatic heterocycles. The molecular formula is C32H54O5. The van der Waals surface area contributed by atoms with Crippen LogP contribution in [0.5, 0.6) is 0 Å². The zero-order chi connectivity index (χ0) is 27.4. The monoisotopic (exact) mass is 518 g/mol. The van der Waals surface area contributed by atoms with Gasteiger partial charge in [0.25, 0.3) is 0 Å². The Hall–Kier alpha value is -0.650. The summed E-state index contributed by atoms with van der Waals surface area (Å²) in [6, 6.07) is 0. The van der Waals surface area contributed by atoms with Crippen LogP contribution in [0.25, 0.3) is 0 Å². The second-order valence-electron chi connectivity index (χ2n) is 16.0. The number of aliphatic hydroxyl groups is 2. The number of hydrogen-bond acceptors (Lipinski definition) is 5. The highest BCUT2D eigenvalue weighted by atomic mass is 16.5. The largest absolute Gasteiger partial charge is 0.462 e. The Morgan fingerprint density at radius 1 is 0.892 bits per heavy atom. The van der Waals surface area contributed by atoms with E-state index in [9.17, 15) is 15.0 Å². The highest BCUT2D eigenvalue weighted by Crippen LogP contribution is 2.76. The first-order chi connectivity index (χ1) is 16.9. The molecule has 0 aromatic rings. The lowest BCUT2D eigenvalue weighted by Gasteiger charge is -2.70. The lowest BCUT2D eigenvalue weighted by Crippen LogP contribution is -2.67. The van der Waals surface area contributed by atoms with Crippen molar-refractivity contribution in [1.82, 2.24) is 0 Å². The molecule has 37 heavy (non-hydrogen) atoms. The van der Waals surface area contributed by atoms with Crippen LogP contribution in [0.15, 0.2) is 0 Å². The maximum absolute atomic E-state index is 12.5. The molecule has 5 heteroatoms. The lowest BCUT2D eigenvalue weighted by atomic mass is 9.35. The van der Waals surface area contributed by atoms with Crippen molar-refractivity contribution in [3.05, 3.63) is 0 Å². The third kappa shape index (κ3) is 3.83. The summed E-state index contributed by atoms with van der Waals surface area (Å²) in [5, 5.41) is 21.7. The third-order valence-electron chi connectivity index (χ3n) is 13.5. The number of fused-ring (bicyclic) bond motifs is 5. The Kier molecular flexibility index (Phi) is 6.35. The van der Waals surface area contributed by atoms with Crippen molar-refractivity contribution < 1.29 is 24.5 Å². The van der Waals surface area contributed by atoms with Crippen molar-refractivity contribution in [3.63, 3.8) is 0 Å². The molecule has 0 spiro atoms. The summed E-state index contributed by atoms with van der Waals surface area (Å²) in [5.41, 5.74) is -0.944. The second-order valence-corrected chi connectivity index (χ2v) is 16.0. The molecule has 0 radical (unpaired) electrons. The van der Waals surface area contributed by atoms with Gasteiger partial charge in [0.2, 0.25) is 0 Å². The van der Waals surface area contributed by atoms with Crippen molar-refractivity contribution in [2.45, 2.75) is 150 Å². The zero-order valence-electron chi connectivity index (χ0n) is 25.0. The number of ether oxygens (including phenoxy) is 2. The van der Waals surface area contributed by atoms with Crippen LogP contribution in [0.2, 0.25) is 0 Å². The highest BCUT2D eigenvalue weighted by Gasteiger charge is 2.72. The van der Waals surface area contributed by atoms with E-state index in [-0.39, 0.29) is 57.5 Å². The molecule has 1 unspecified atom stereocenters. The fourth-order valence-electron chi connectivity index (χ4n) is 11.4. The molecule has 1 saturated heterocycles. The van der Waals surface area contributed by atoms with Crippen molar-refractivity contribution >= 4 is 5.97 Å². The fourth-order valence-corrected chi connectivity index (χ4v) is 11.4. The van der Waals surface area contributed by atoms with E-state index in [1.54, 1.807) is 6.92 Å². The summed E-state index contributed by atoms with van der Waals surface area (Å²) in [4.78, 5) is 12.5. The van der Waals surface area contributed by atoms with Gasteiger partial charge in [0.05, 0.1) is 23.4 Å². The van der Waals surface area contributed by atoms with Gasteiger partial charge >= 0.3 is 5.97 Å². The highest BCUT2D eigenvalue weighted by molar-refractivity contribution is 5.66. The molecule has 5 rings (SSSR count). The van der Waals surface area contributed by atoms with Crippen LogP contribution < -0.4 is 0 Å². The SMILES string of the molecule is CC(=O)O[C@@H]1C[C@@H]2[C@@]3(C)CCC(O)C(C)(C)[C@@H]3CC[C@@]2(C)[C@]2(C)CC[C@H]([C@]3(C)CC[C@H](C(C)(C)O)O3)[C@@H]12. The average molecular weight is 519 g/mol. The van der Waals surface area contributed by atoms with Gasteiger partial charge in [0, 0.05) is 12.8 Å². The molecule has 11 atom stereocenters. The first-order valence-electron chi connectivity index (χ1n) is 15.2. The van der Waals surface area contributed by atoms with Crippen LogP contribution in [0, 0.1) is 45.3 Å². The number of esters is 1. The van der Waals surface area contributed by atoms with Crippen LogP contribution in [-0.2, 0) is 14.3 Å². The molecule has 1 heterocycles. The van der Waals surface area contributed by atoms with Crippen molar-refractivity contribution in [3.8, 4) is 0 Å². The molecule has 4 saturated carbocycles. The average Bonchev–Trinajstić information content (AvgIpc) is 3.35. The Labute approximate surface area is 225 Å². The molecule has 5 fully saturated rings. The molecule has 0 bridgehead atoms. The lowest BCUT2D eigenvalue weighted by molar-refractivity contribution is -0.252. The van der Waals surface area contributed by atoms with Gasteiger partial charge < -0.3 is 19.7 Å². The van der Waals surface area contributed by atoms with E-state index < -0.39 is 5.60 Å². The molecule has 5 aliphatic rings. The van der Waals surface area contributed by atoms with Gasteiger partial charge in [-0.25, -0.2) is 0 Å². The molecule has 5 nitrogen and oxygen atoms in total. The van der Waals surface area contributed by atoms with Crippen LogP contribution in [0.3, 0.4) is 0 Å². The molecule has 0 aromatic carbocycles. The number of hydrogen-bond donors (Lipinski definition) is 2. The molecule has 0 amide bonds. The molecule has 4 aliphatic carbocycles. The zero-order valence-corrected chi connectivity index (χ0v) is 25.0. The summed E-state index contributed by atoms with van der Waals surface area (Å²) in [7, 11) is 0. The van der Waals surface area contributed by atoms with Gasteiger partial charge in [-0.1, -0.05) is 34.6 Å². The quantitative estimate of drug-likeness (QED) is 0.430. The molecule has 1 aliphatic heterocycles. The number of carbonyl (C=O) groups excluding carboxylic acids is 1. The summed E-state index contributed by atoms with van der Waals surface area (Å²) < 4.78 is 13.0. The fraction of sp³-hybridized carbons (Fsp3) is 0.969. The number of aliphatic hydroxyl groups excluding tert-OH is 1. The van der Waals surface area contributed by atoms with E-state index in [2.05, 4.69) is 41.5 Å². The molecule has 212 valence electrons. The van der Waals surface area contributed by atoms with E-state index in [4.69, 9.17) is 9.47 Å². The Balaban J connectivity index is 1.54. The van der Waals surface area contributed by atoms with E-state index in [0.717, 1.165) is 51.4 Å². The predicted molar refractivity (Wildman–Crippen MR) is 145 cm³/mol. The van der Waals surface area contributed by atoms with Gasteiger partial charge in [-0.3, -0.25) is 4.79 Å². The smallest absolute Gasteiger partial charge is 0.302 e. The van der Waals surface area contributed by atoms with E-state index in [0.29, 0.717) is 17.8 Å². The number of rotatable bonds is 3. The van der Waals surface area contributed by atoms with Gasteiger partial charge in [-0.2, -0.15) is 0 Å². The van der Waals surface area contributed by atoms with Crippen molar-refractivity contribution in [2.75, 3.05) is 0 Å². The minimum absolute atomic E-state index is 0.0497. The summed E-state index contributed by atoms with van der Waals surface area (Å²) in [6.45, 7) is 19.7. The second kappa shape index (κ2) is 8.43. The predicted octanol–water partition coefficient (Wildman–Crippen LogP) is 6.28. The third-order valence-corrected chi connectivity index (χ3v) is 13.5. The first kappa shape index (κ1) is 27.9. The maximum atomic E-state index is 12.5. The van der Waals surface area contributed by atoms with Crippen molar-refractivity contribution in [2.24, 2.45) is 45.3 Å². The first-order valence-corrected chi connectivity index (χ1v) is 15.2. The number of carbonyl (C=O) groups is 1. The summed E-state index contributed by atoms with van der Waals surface area (Å²) >= 11 is 0. The van der Waals surface area contributed by atoms with Crippen LogP contribution in [0.4, 0.5) is 0 Å². The minimum Gasteiger partial charge on any atom is -0.462 e. The Morgan fingerprint density at radius 2 is 1.54 bits per heavy atom. The molecule has 2 N–H and O–H groups in total. The topological polar surface area (TPSA) is 76.0 Å².